The molecule has 0 spiro atoms. The van der Waals surface area contributed by atoms with Crippen LogP contribution >= 0.6 is 11.3 Å². The molecule has 8 heteroatoms. The third-order valence-electron chi connectivity index (χ3n) is 4.11. The van der Waals surface area contributed by atoms with Gasteiger partial charge in [-0.05, 0) is 26.0 Å². The predicted octanol–water partition coefficient (Wildman–Crippen LogP) is 1.78. The zero-order valence-electron chi connectivity index (χ0n) is 14.0. The third-order valence-corrected chi connectivity index (χ3v) is 5.00. The van der Waals surface area contributed by atoms with Gasteiger partial charge in [-0.2, -0.15) is 0 Å². The number of aromatic amines is 1. The fourth-order valence-electron chi connectivity index (χ4n) is 2.74. The number of ether oxygens (including phenoxy) is 1. The van der Waals surface area contributed by atoms with E-state index in [9.17, 15) is 14.4 Å². The van der Waals surface area contributed by atoms with Crippen LogP contribution in [0.4, 0.5) is 0 Å². The van der Waals surface area contributed by atoms with E-state index in [2.05, 4.69) is 4.98 Å². The predicted molar refractivity (Wildman–Crippen MR) is 97.3 cm³/mol. The van der Waals surface area contributed by atoms with Crippen LogP contribution in [0.1, 0.15) is 18.5 Å². The Morgan fingerprint density at radius 3 is 2.68 bits per heavy atom. The number of hydrogen-bond donors (Lipinski definition) is 2. The van der Waals surface area contributed by atoms with Crippen molar-refractivity contribution in [1.29, 1.82) is 0 Å². The van der Waals surface area contributed by atoms with Gasteiger partial charge in [0.15, 0.2) is 0 Å². The first-order valence-corrected chi connectivity index (χ1v) is 8.43. The lowest BCUT2D eigenvalue weighted by atomic mass is 10.0. The summed E-state index contributed by atoms with van der Waals surface area (Å²) in [5.74, 6) is -0.137. The number of fused-ring (bicyclic) bond motifs is 1. The van der Waals surface area contributed by atoms with E-state index in [1.54, 1.807) is 12.5 Å². The highest BCUT2D eigenvalue weighted by Crippen LogP contribution is 2.36. The lowest BCUT2D eigenvalue weighted by molar-refractivity contribution is -0.120. The zero-order chi connectivity index (χ0) is 18.3. The molecule has 0 saturated carbocycles. The molecule has 2 aromatic heterocycles. The van der Waals surface area contributed by atoms with Crippen molar-refractivity contribution in [3.05, 3.63) is 50.0 Å². The smallest absolute Gasteiger partial charge is 0.330 e. The standard InChI is InChI=1S/C17H17N3O4S/c1-8-4-5-12(24-3)10(6-8)11-7-25-15-13(11)16(22)20(17(23)19-15)9(2)14(18)21/h4-7,9H,1-3H3,(H2,18,21)(H,19,23). The molecule has 130 valence electrons. The third kappa shape index (κ3) is 2.74. The number of H-pyrrole nitrogens is 1. The maximum atomic E-state index is 12.9. The van der Waals surface area contributed by atoms with Gasteiger partial charge >= 0.3 is 5.69 Å². The zero-order valence-corrected chi connectivity index (χ0v) is 14.8. The number of nitrogens with zero attached hydrogens (tertiary/aromatic N) is 1. The van der Waals surface area contributed by atoms with Gasteiger partial charge in [0, 0.05) is 16.5 Å². The summed E-state index contributed by atoms with van der Waals surface area (Å²) in [4.78, 5) is 39.7. The number of nitrogens with one attached hydrogen (secondary N) is 1. The van der Waals surface area contributed by atoms with Crippen LogP contribution < -0.4 is 21.7 Å². The van der Waals surface area contributed by atoms with Gasteiger partial charge < -0.3 is 10.5 Å². The first kappa shape index (κ1) is 17.0. The molecule has 1 aromatic carbocycles. The number of thiophene rings is 1. The Labute approximate surface area is 146 Å². The van der Waals surface area contributed by atoms with E-state index in [-0.39, 0.29) is 0 Å². The van der Waals surface area contributed by atoms with Crippen LogP contribution in [0, 0.1) is 6.92 Å². The minimum atomic E-state index is -1.05. The van der Waals surface area contributed by atoms with E-state index in [4.69, 9.17) is 10.5 Å². The molecule has 0 saturated heterocycles. The molecule has 0 bridgehead atoms. The summed E-state index contributed by atoms with van der Waals surface area (Å²) in [7, 11) is 1.55. The van der Waals surface area contributed by atoms with Crippen molar-refractivity contribution in [3.63, 3.8) is 0 Å². The number of aromatic nitrogens is 2. The van der Waals surface area contributed by atoms with Crippen LogP contribution in [0.15, 0.2) is 33.2 Å². The molecule has 0 fully saturated rings. The second-order valence-electron chi connectivity index (χ2n) is 5.74. The summed E-state index contributed by atoms with van der Waals surface area (Å²) >= 11 is 1.25. The number of primary amides is 1. The van der Waals surface area contributed by atoms with E-state index in [1.807, 2.05) is 25.1 Å². The second-order valence-corrected chi connectivity index (χ2v) is 6.62. The number of nitrogens with two attached hydrogens (primary N) is 1. The Morgan fingerprint density at radius 2 is 2.04 bits per heavy atom. The van der Waals surface area contributed by atoms with Crippen molar-refractivity contribution < 1.29 is 9.53 Å². The molecule has 1 unspecified atom stereocenters. The SMILES string of the molecule is COc1ccc(C)cc1-c1csc2[nH]c(=O)n(C(C)C(N)=O)c(=O)c12. The van der Waals surface area contributed by atoms with Crippen LogP contribution in [-0.2, 0) is 4.79 Å². The maximum absolute atomic E-state index is 12.9. The number of rotatable bonds is 4. The van der Waals surface area contributed by atoms with Gasteiger partial charge in [-0.15, -0.1) is 11.3 Å². The Kier molecular flexibility index (Phi) is 4.22. The van der Waals surface area contributed by atoms with Crippen LogP contribution in [0.5, 0.6) is 5.75 Å². The van der Waals surface area contributed by atoms with Crippen molar-refractivity contribution in [2.45, 2.75) is 19.9 Å². The Morgan fingerprint density at radius 1 is 1.32 bits per heavy atom. The summed E-state index contributed by atoms with van der Waals surface area (Å²) in [5, 5.41) is 2.13. The average molecular weight is 359 g/mol. The largest absolute Gasteiger partial charge is 0.496 e. The molecule has 1 atom stereocenters. The quantitative estimate of drug-likeness (QED) is 0.740. The number of hydrogen-bond acceptors (Lipinski definition) is 5. The minimum absolute atomic E-state index is 0.335. The summed E-state index contributed by atoms with van der Waals surface area (Å²) in [6.45, 7) is 3.36. The van der Waals surface area contributed by atoms with Gasteiger partial charge in [-0.25, -0.2) is 9.36 Å². The molecule has 25 heavy (non-hydrogen) atoms. The lowest BCUT2D eigenvalue weighted by Gasteiger charge is -2.12. The molecule has 3 aromatic rings. The number of carbonyl (C=O) groups is 1. The van der Waals surface area contributed by atoms with Gasteiger partial charge in [0.05, 0.1) is 12.5 Å². The van der Waals surface area contributed by atoms with E-state index in [1.165, 1.54) is 18.3 Å². The van der Waals surface area contributed by atoms with Gasteiger partial charge in [0.25, 0.3) is 5.56 Å². The van der Waals surface area contributed by atoms with Crippen LogP contribution in [0.25, 0.3) is 21.3 Å². The molecular formula is C17H17N3O4S. The number of carbonyl (C=O) groups excluding carboxylic acids is 1. The van der Waals surface area contributed by atoms with Crippen LogP contribution in [0.3, 0.4) is 0 Å². The number of amides is 1. The Balaban J connectivity index is 2.39. The van der Waals surface area contributed by atoms with Gasteiger partial charge in [-0.3, -0.25) is 14.6 Å². The molecule has 0 aliphatic heterocycles. The molecule has 3 rings (SSSR count). The molecule has 0 aliphatic rings. The number of aryl methyl sites for hydroxylation is 1. The summed E-state index contributed by atoms with van der Waals surface area (Å²) in [5.41, 5.74) is 6.46. The highest BCUT2D eigenvalue weighted by Gasteiger charge is 2.22. The number of methoxy groups -OCH3 is 1. The lowest BCUT2D eigenvalue weighted by Crippen LogP contribution is -2.41. The molecule has 0 aliphatic carbocycles. The van der Waals surface area contributed by atoms with Crippen molar-refractivity contribution in [2.24, 2.45) is 5.73 Å². The molecule has 2 heterocycles. The van der Waals surface area contributed by atoms with Crippen LogP contribution in [-0.4, -0.2) is 22.6 Å². The van der Waals surface area contributed by atoms with Gasteiger partial charge in [0.1, 0.15) is 16.6 Å². The first-order chi connectivity index (χ1) is 11.8. The summed E-state index contributed by atoms with van der Waals surface area (Å²) < 4.78 is 6.25. The van der Waals surface area contributed by atoms with Crippen molar-refractivity contribution in [2.75, 3.05) is 7.11 Å². The molecule has 3 N–H and O–H groups in total. The topological polar surface area (TPSA) is 107 Å². The normalized spacial score (nSPS) is 12.3. The molecular weight excluding hydrogens is 342 g/mol. The average Bonchev–Trinajstić information content (AvgIpc) is 2.98. The Bertz CT molecular complexity index is 1090. The summed E-state index contributed by atoms with van der Waals surface area (Å²) in [6, 6.07) is 4.59. The van der Waals surface area contributed by atoms with Crippen molar-refractivity contribution in [3.8, 4) is 16.9 Å². The highest BCUT2D eigenvalue weighted by atomic mass is 32.1. The molecule has 7 nitrogen and oxygen atoms in total. The van der Waals surface area contributed by atoms with Crippen molar-refractivity contribution in [1.82, 2.24) is 9.55 Å². The fourth-order valence-corrected chi connectivity index (χ4v) is 3.68. The number of benzene rings is 1. The van der Waals surface area contributed by atoms with E-state index >= 15 is 0 Å². The van der Waals surface area contributed by atoms with Crippen molar-refractivity contribution >= 4 is 27.5 Å². The van der Waals surface area contributed by atoms with E-state index in [0.29, 0.717) is 21.5 Å². The summed E-state index contributed by atoms with van der Waals surface area (Å²) in [6.07, 6.45) is 0. The van der Waals surface area contributed by atoms with E-state index < -0.39 is 23.2 Å². The van der Waals surface area contributed by atoms with Gasteiger partial charge in [0.2, 0.25) is 5.91 Å². The first-order valence-electron chi connectivity index (χ1n) is 7.55. The van der Waals surface area contributed by atoms with E-state index in [0.717, 1.165) is 15.7 Å². The van der Waals surface area contributed by atoms with Crippen LogP contribution in [0.2, 0.25) is 0 Å². The highest BCUT2D eigenvalue weighted by molar-refractivity contribution is 7.17. The Hall–Kier alpha value is -2.87. The maximum Gasteiger partial charge on any atom is 0.330 e. The van der Waals surface area contributed by atoms with Gasteiger partial charge in [-0.1, -0.05) is 11.6 Å². The molecule has 0 radical (unpaired) electrons. The monoisotopic (exact) mass is 359 g/mol. The fraction of sp³-hybridized carbons (Fsp3) is 0.235. The second kappa shape index (κ2) is 6.21. The minimum Gasteiger partial charge on any atom is -0.496 e. The molecule has 1 amide bonds.